The highest BCUT2D eigenvalue weighted by Crippen LogP contribution is 2.69. The number of halogens is 1. The Morgan fingerprint density at radius 3 is 2.52 bits per heavy atom. The number of primary amides is 1. The number of carbonyl (C=O) groups excluding carboxylic acids is 4. The van der Waals surface area contributed by atoms with E-state index in [9.17, 15) is 23.6 Å². The van der Waals surface area contributed by atoms with E-state index in [2.05, 4.69) is 10.3 Å². The van der Waals surface area contributed by atoms with E-state index in [1.807, 2.05) is 0 Å². The van der Waals surface area contributed by atoms with Gasteiger partial charge in [-0.05, 0) is 30.9 Å². The topological polar surface area (TPSA) is 119 Å². The minimum atomic E-state index is -1.23. The van der Waals surface area contributed by atoms with Crippen molar-refractivity contribution in [2.45, 2.75) is 31.4 Å². The molecule has 0 spiro atoms. The number of hydrogen-bond donors (Lipinski definition) is 2. The van der Waals surface area contributed by atoms with Crippen LogP contribution in [0, 0.1) is 5.41 Å². The molecule has 1 heterocycles. The molecule has 4 rings (SSSR count). The van der Waals surface area contributed by atoms with E-state index in [0.29, 0.717) is 0 Å². The van der Waals surface area contributed by atoms with Crippen LogP contribution in [0.4, 0.5) is 10.2 Å². The van der Waals surface area contributed by atoms with Crippen molar-refractivity contribution in [2.75, 3.05) is 5.32 Å². The molecular formula is C15H14FN3O4. The summed E-state index contributed by atoms with van der Waals surface area (Å²) < 4.78 is 13.5. The van der Waals surface area contributed by atoms with Gasteiger partial charge in [-0.15, -0.1) is 0 Å². The Hall–Kier alpha value is -2.64. The first-order valence-electron chi connectivity index (χ1n) is 7.05. The van der Waals surface area contributed by atoms with Crippen molar-refractivity contribution < 1.29 is 23.6 Å². The second-order valence-corrected chi connectivity index (χ2v) is 6.23. The van der Waals surface area contributed by atoms with Gasteiger partial charge in [-0.25, -0.2) is 9.37 Å². The van der Waals surface area contributed by atoms with Crippen LogP contribution in [0.5, 0.6) is 0 Å². The van der Waals surface area contributed by atoms with Crippen molar-refractivity contribution in [3.05, 3.63) is 23.4 Å². The van der Waals surface area contributed by atoms with Crippen molar-refractivity contribution >= 4 is 29.7 Å². The molecule has 3 N–H and O–H groups in total. The maximum Gasteiger partial charge on any atom is 0.252 e. The smallest absolute Gasteiger partial charge is 0.252 e. The molecule has 0 unspecified atom stereocenters. The highest BCUT2D eigenvalue weighted by atomic mass is 19.1. The van der Waals surface area contributed by atoms with Crippen molar-refractivity contribution in [3.63, 3.8) is 0 Å². The molecule has 0 radical (unpaired) electrons. The maximum absolute atomic E-state index is 13.5. The number of ketones is 1. The minimum Gasteiger partial charge on any atom is -0.365 e. The number of alkyl halides is 1. The summed E-state index contributed by atoms with van der Waals surface area (Å²) in [5.41, 5.74) is 3.44. The summed E-state index contributed by atoms with van der Waals surface area (Å²) in [5, 5.41) is 2.50. The molecule has 3 fully saturated rings. The summed E-state index contributed by atoms with van der Waals surface area (Å²) in [6, 6.07) is 1.38. The molecule has 0 saturated heterocycles. The van der Waals surface area contributed by atoms with Crippen molar-refractivity contribution in [1.29, 1.82) is 0 Å². The Morgan fingerprint density at radius 2 is 2.00 bits per heavy atom. The van der Waals surface area contributed by atoms with Crippen molar-refractivity contribution in [3.8, 4) is 0 Å². The number of amides is 2. The number of aromatic nitrogens is 1. The Morgan fingerprint density at radius 1 is 1.35 bits per heavy atom. The summed E-state index contributed by atoms with van der Waals surface area (Å²) >= 11 is 0. The van der Waals surface area contributed by atoms with E-state index < -0.39 is 28.7 Å². The minimum absolute atomic E-state index is 0.0728. The molecule has 1 aromatic rings. The van der Waals surface area contributed by atoms with Crippen molar-refractivity contribution in [2.24, 2.45) is 11.1 Å². The third-order valence-electron chi connectivity index (χ3n) is 4.46. The molecule has 0 aliphatic heterocycles. The lowest BCUT2D eigenvalue weighted by Crippen LogP contribution is -2.69. The van der Waals surface area contributed by atoms with Crippen LogP contribution in [0.3, 0.4) is 0 Å². The van der Waals surface area contributed by atoms with E-state index in [1.54, 1.807) is 0 Å². The zero-order valence-corrected chi connectivity index (χ0v) is 12.1. The van der Waals surface area contributed by atoms with E-state index in [0.717, 1.165) is 0 Å². The Labute approximate surface area is 130 Å². The SMILES string of the molecule is NC(=O)c1c(CC(=O)C=O)ccnc1NC(=O)C12CC(F)(C1)C2. The fraction of sp³-hybridized carbons (Fsp3) is 0.400. The number of nitrogens with one attached hydrogen (secondary N) is 1. The molecule has 120 valence electrons. The van der Waals surface area contributed by atoms with Crippen molar-refractivity contribution in [1.82, 2.24) is 4.98 Å². The number of pyridine rings is 1. The highest BCUT2D eigenvalue weighted by Gasteiger charge is 2.72. The summed E-state index contributed by atoms with van der Waals surface area (Å²) in [6.07, 6.45) is 1.63. The number of nitrogens with two attached hydrogens (primary N) is 1. The van der Waals surface area contributed by atoms with Gasteiger partial charge in [0.1, 0.15) is 11.5 Å². The predicted molar refractivity (Wildman–Crippen MR) is 76.3 cm³/mol. The normalized spacial score (nSPS) is 27.3. The predicted octanol–water partition coefficient (Wildman–Crippen LogP) is 0.322. The lowest BCUT2D eigenvalue weighted by atomic mass is 9.42. The molecule has 23 heavy (non-hydrogen) atoms. The average Bonchev–Trinajstić information content (AvgIpc) is 2.42. The standard InChI is InChI=1S/C15H14FN3O4/c16-15-5-14(6-15,7-15)13(23)19-12-10(11(17)22)8(1-2-18-12)3-9(21)4-20/h1-2,4H,3,5-7H2,(H2,17,22)(H,18,19,23). The molecule has 7 nitrogen and oxygen atoms in total. The number of hydrogen-bond acceptors (Lipinski definition) is 5. The Balaban J connectivity index is 1.85. The number of rotatable bonds is 6. The average molecular weight is 319 g/mol. The lowest BCUT2D eigenvalue weighted by molar-refractivity contribution is -0.209. The third kappa shape index (κ3) is 2.39. The monoisotopic (exact) mass is 319 g/mol. The Kier molecular flexibility index (Phi) is 3.28. The number of Topliss-reactive ketones (excluding diaryl/α,β-unsaturated/α-hetero) is 1. The number of aldehydes is 1. The number of nitrogens with zero attached hydrogens (tertiary/aromatic N) is 1. The summed E-state index contributed by atoms with van der Waals surface area (Å²) in [4.78, 5) is 49.6. The summed E-state index contributed by atoms with van der Waals surface area (Å²) in [6.45, 7) is 0. The molecule has 3 aliphatic rings. The van der Waals surface area contributed by atoms with E-state index >= 15 is 0 Å². The molecule has 2 bridgehead atoms. The third-order valence-corrected chi connectivity index (χ3v) is 4.46. The van der Waals surface area contributed by atoms with Gasteiger partial charge in [-0.3, -0.25) is 19.2 Å². The van der Waals surface area contributed by atoms with Gasteiger partial charge in [0.15, 0.2) is 12.1 Å². The van der Waals surface area contributed by atoms with Crippen LogP contribution in [0.15, 0.2) is 12.3 Å². The fourth-order valence-corrected chi connectivity index (χ4v) is 3.39. The number of carbonyl (C=O) groups is 4. The molecule has 8 heteroatoms. The fourth-order valence-electron chi connectivity index (χ4n) is 3.39. The van der Waals surface area contributed by atoms with E-state index in [1.165, 1.54) is 12.3 Å². The van der Waals surface area contributed by atoms with Gasteiger partial charge >= 0.3 is 0 Å². The first-order valence-corrected chi connectivity index (χ1v) is 7.05. The van der Waals surface area contributed by atoms with Gasteiger partial charge in [0, 0.05) is 12.6 Å². The number of anilines is 1. The molecule has 1 aromatic heterocycles. The van der Waals surface area contributed by atoms with Crippen LogP contribution in [-0.4, -0.2) is 34.5 Å². The van der Waals surface area contributed by atoms with Crippen LogP contribution in [0.2, 0.25) is 0 Å². The zero-order chi connectivity index (χ0) is 16.8. The molecule has 2 amide bonds. The first-order chi connectivity index (χ1) is 10.8. The van der Waals surface area contributed by atoms with Gasteiger partial charge in [-0.2, -0.15) is 0 Å². The molecule has 3 saturated carbocycles. The molecule has 0 aromatic carbocycles. The second kappa shape index (κ2) is 4.94. The lowest BCUT2D eigenvalue weighted by Gasteiger charge is -2.64. The van der Waals surface area contributed by atoms with Gasteiger partial charge in [-0.1, -0.05) is 0 Å². The summed E-state index contributed by atoms with van der Waals surface area (Å²) in [5.74, 6) is -2.08. The van der Waals surface area contributed by atoms with Gasteiger partial charge in [0.25, 0.3) is 5.91 Å². The quantitative estimate of drug-likeness (QED) is 0.578. The Bertz CT molecular complexity index is 726. The van der Waals surface area contributed by atoms with Crippen LogP contribution in [-0.2, 0) is 20.8 Å². The van der Waals surface area contributed by atoms with Crippen LogP contribution in [0.1, 0.15) is 35.2 Å². The van der Waals surface area contributed by atoms with Gasteiger partial charge in [0.2, 0.25) is 5.91 Å². The maximum atomic E-state index is 13.5. The largest absolute Gasteiger partial charge is 0.365 e. The van der Waals surface area contributed by atoms with E-state index in [-0.39, 0.29) is 48.9 Å². The van der Waals surface area contributed by atoms with E-state index in [4.69, 9.17) is 5.73 Å². The highest BCUT2D eigenvalue weighted by molar-refractivity contribution is 6.26. The summed E-state index contributed by atoms with van der Waals surface area (Å²) in [7, 11) is 0. The molecular weight excluding hydrogens is 305 g/mol. The first kappa shape index (κ1) is 15.3. The van der Waals surface area contributed by atoms with Gasteiger partial charge in [0.05, 0.1) is 11.0 Å². The second-order valence-electron chi connectivity index (χ2n) is 6.23. The van der Waals surface area contributed by atoms with Crippen LogP contribution in [0.25, 0.3) is 0 Å². The molecule has 3 aliphatic carbocycles. The molecule has 0 atom stereocenters. The van der Waals surface area contributed by atoms with Gasteiger partial charge < -0.3 is 11.1 Å². The zero-order valence-electron chi connectivity index (χ0n) is 12.1. The van der Waals surface area contributed by atoms with Crippen LogP contribution < -0.4 is 11.1 Å². The van der Waals surface area contributed by atoms with Crippen LogP contribution >= 0.6 is 0 Å².